The van der Waals surface area contributed by atoms with Crippen molar-refractivity contribution in [3.8, 4) is 5.75 Å². The maximum Gasteiger partial charge on any atom is 0.225 e. The smallest absolute Gasteiger partial charge is 0.225 e. The summed E-state index contributed by atoms with van der Waals surface area (Å²) in [6.07, 6.45) is 6.80. The molecule has 2 heterocycles. The van der Waals surface area contributed by atoms with E-state index >= 15 is 0 Å². The Bertz CT molecular complexity index is 728. The van der Waals surface area contributed by atoms with Gasteiger partial charge in [0.15, 0.2) is 0 Å². The molecule has 6 heteroatoms. The molecule has 0 aliphatic carbocycles. The topological polar surface area (TPSA) is 53.1 Å². The van der Waals surface area contributed by atoms with E-state index in [9.17, 15) is 9.59 Å². The second-order valence-corrected chi connectivity index (χ2v) is 9.57. The first-order chi connectivity index (χ1) is 15.5. The third-order valence-electron chi connectivity index (χ3n) is 6.83. The van der Waals surface area contributed by atoms with Gasteiger partial charge >= 0.3 is 0 Å². The van der Waals surface area contributed by atoms with Gasteiger partial charge in [-0.3, -0.25) is 9.59 Å². The largest absolute Gasteiger partial charge is 0.497 e. The van der Waals surface area contributed by atoms with Crippen LogP contribution in [0.15, 0.2) is 24.3 Å². The van der Waals surface area contributed by atoms with E-state index in [2.05, 4.69) is 9.80 Å². The molecule has 0 spiro atoms. The number of aryl methyl sites for hydroxylation is 1. The van der Waals surface area contributed by atoms with Crippen molar-refractivity contribution in [1.29, 1.82) is 0 Å². The van der Waals surface area contributed by atoms with Gasteiger partial charge in [-0.1, -0.05) is 26.0 Å². The summed E-state index contributed by atoms with van der Waals surface area (Å²) < 4.78 is 5.21. The zero-order valence-electron chi connectivity index (χ0n) is 20.2. The molecule has 2 aliphatic heterocycles. The molecule has 0 N–H and O–H groups in total. The van der Waals surface area contributed by atoms with Crippen LogP contribution >= 0.6 is 0 Å². The van der Waals surface area contributed by atoms with Gasteiger partial charge in [-0.15, -0.1) is 0 Å². The number of rotatable bonds is 10. The van der Waals surface area contributed by atoms with Crippen molar-refractivity contribution in [1.82, 2.24) is 14.7 Å². The molecule has 0 bridgehead atoms. The molecule has 2 aliphatic rings. The van der Waals surface area contributed by atoms with E-state index in [1.54, 1.807) is 7.11 Å². The predicted octanol–water partition coefficient (Wildman–Crippen LogP) is 3.59. The van der Waals surface area contributed by atoms with E-state index in [0.29, 0.717) is 13.0 Å². The van der Waals surface area contributed by atoms with Gasteiger partial charge in [0, 0.05) is 38.0 Å². The van der Waals surface area contributed by atoms with E-state index in [1.807, 2.05) is 43.0 Å². The SMILES string of the molecule is COc1ccc(CCC(=O)N2CCCC(N(CCCN3CCCC3)C(=O)C(C)C)C2)cc1. The average molecular weight is 444 g/mol. The lowest BCUT2D eigenvalue weighted by Gasteiger charge is -2.40. The van der Waals surface area contributed by atoms with Gasteiger partial charge in [0.2, 0.25) is 11.8 Å². The maximum absolute atomic E-state index is 13.0. The Kier molecular flexibility index (Phi) is 9.39. The van der Waals surface area contributed by atoms with Crippen LogP contribution in [0.5, 0.6) is 5.75 Å². The molecule has 3 rings (SSSR count). The van der Waals surface area contributed by atoms with Gasteiger partial charge in [0.05, 0.1) is 7.11 Å². The predicted molar refractivity (Wildman–Crippen MR) is 128 cm³/mol. The van der Waals surface area contributed by atoms with Crippen molar-refractivity contribution in [3.63, 3.8) is 0 Å². The molecule has 0 radical (unpaired) electrons. The van der Waals surface area contributed by atoms with Gasteiger partial charge in [0.1, 0.15) is 5.75 Å². The van der Waals surface area contributed by atoms with Crippen LogP contribution in [-0.4, -0.2) is 78.9 Å². The normalized spacial score (nSPS) is 19.4. The van der Waals surface area contributed by atoms with Crippen molar-refractivity contribution >= 4 is 11.8 Å². The van der Waals surface area contributed by atoms with E-state index in [4.69, 9.17) is 4.74 Å². The van der Waals surface area contributed by atoms with Gasteiger partial charge < -0.3 is 19.4 Å². The van der Waals surface area contributed by atoms with Gasteiger partial charge in [-0.25, -0.2) is 0 Å². The number of methoxy groups -OCH3 is 1. The van der Waals surface area contributed by atoms with Crippen LogP contribution < -0.4 is 4.74 Å². The highest BCUT2D eigenvalue weighted by Gasteiger charge is 2.31. The number of nitrogens with zero attached hydrogens (tertiary/aromatic N) is 3. The highest BCUT2D eigenvalue weighted by Crippen LogP contribution is 2.21. The summed E-state index contributed by atoms with van der Waals surface area (Å²) in [4.78, 5) is 32.5. The molecule has 178 valence electrons. The van der Waals surface area contributed by atoms with E-state index in [-0.39, 0.29) is 23.8 Å². The number of piperidine rings is 1. The lowest BCUT2D eigenvalue weighted by Crippen LogP contribution is -2.53. The lowest BCUT2D eigenvalue weighted by atomic mass is 10.0. The third kappa shape index (κ3) is 6.96. The monoisotopic (exact) mass is 443 g/mol. The third-order valence-corrected chi connectivity index (χ3v) is 6.83. The van der Waals surface area contributed by atoms with Crippen LogP contribution in [-0.2, 0) is 16.0 Å². The molecule has 0 saturated carbocycles. The fourth-order valence-electron chi connectivity index (χ4n) is 4.91. The summed E-state index contributed by atoms with van der Waals surface area (Å²) in [7, 11) is 1.66. The molecule has 1 aromatic carbocycles. The molecule has 2 amide bonds. The van der Waals surface area contributed by atoms with Crippen LogP contribution in [0.3, 0.4) is 0 Å². The molecular formula is C26H41N3O3. The molecule has 2 fully saturated rings. The number of carbonyl (C=O) groups excluding carboxylic acids is 2. The van der Waals surface area contributed by atoms with Crippen molar-refractivity contribution in [2.45, 2.75) is 64.8 Å². The number of hydrogen-bond donors (Lipinski definition) is 0. The molecule has 6 nitrogen and oxygen atoms in total. The number of ether oxygens (including phenoxy) is 1. The standard InChI is InChI=1S/C26H41N3O3/c1-21(2)26(31)29(19-7-17-27-15-4-5-16-27)23-8-6-18-28(20-23)25(30)14-11-22-9-12-24(32-3)13-10-22/h9-10,12-13,21,23H,4-8,11,14-20H2,1-3H3. The van der Waals surface area contributed by atoms with Crippen LogP contribution in [0.1, 0.15) is 57.9 Å². The summed E-state index contributed by atoms with van der Waals surface area (Å²) >= 11 is 0. The van der Waals surface area contributed by atoms with Gasteiger partial charge in [-0.2, -0.15) is 0 Å². The lowest BCUT2D eigenvalue weighted by molar-refractivity contribution is -0.142. The molecule has 1 atom stereocenters. The van der Waals surface area contributed by atoms with E-state index < -0.39 is 0 Å². The minimum absolute atomic E-state index is 0.0112. The highest BCUT2D eigenvalue weighted by atomic mass is 16.5. The van der Waals surface area contributed by atoms with Gasteiger partial charge in [0.25, 0.3) is 0 Å². The summed E-state index contributed by atoms with van der Waals surface area (Å²) in [5, 5.41) is 0. The van der Waals surface area contributed by atoms with Crippen molar-refractivity contribution in [3.05, 3.63) is 29.8 Å². The van der Waals surface area contributed by atoms with Crippen molar-refractivity contribution in [2.24, 2.45) is 5.92 Å². The minimum atomic E-state index is -0.0112. The molecule has 1 unspecified atom stereocenters. The summed E-state index contributed by atoms with van der Waals surface area (Å²) in [5.41, 5.74) is 1.14. The second kappa shape index (κ2) is 12.2. The maximum atomic E-state index is 13.0. The Labute approximate surface area is 193 Å². The first kappa shape index (κ1) is 24.6. The zero-order valence-corrected chi connectivity index (χ0v) is 20.2. The fourth-order valence-corrected chi connectivity index (χ4v) is 4.91. The summed E-state index contributed by atoms with van der Waals surface area (Å²) in [6, 6.07) is 8.06. The Balaban J connectivity index is 1.53. The molecule has 2 saturated heterocycles. The quantitative estimate of drug-likeness (QED) is 0.555. The molecule has 0 aromatic heterocycles. The summed E-state index contributed by atoms with van der Waals surface area (Å²) in [5.74, 6) is 1.24. The van der Waals surface area contributed by atoms with Crippen molar-refractivity contribution < 1.29 is 14.3 Å². The highest BCUT2D eigenvalue weighted by molar-refractivity contribution is 5.79. The van der Waals surface area contributed by atoms with Crippen LogP contribution in [0, 0.1) is 5.92 Å². The first-order valence-electron chi connectivity index (χ1n) is 12.4. The van der Waals surface area contributed by atoms with Crippen molar-refractivity contribution in [2.75, 3.05) is 46.4 Å². The fraction of sp³-hybridized carbons (Fsp3) is 0.692. The number of benzene rings is 1. The number of amides is 2. The Morgan fingerprint density at radius 2 is 1.81 bits per heavy atom. The molecule has 32 heavy (non-hydrogen) atoms. The Morgan fingerprint density at radius 3 is 2.47 bits per heavy atom. The van der Waals surface area contributed by atoms with Crippen LogP contribution in [0.25, 0.3) is 0 Å². The summed E-state index contributed by atoms with van der Waals surface area (Å²) in [6.45, 7) is 9.69. The minimum Gasteiger partial charge on any atom is -0.497 e. The van der Waals surface area contributed by atoms with Crippen LogP contribution in [0.2, 0.25) is 0 Å². The van der Waals surface area contributed by atoms with E-state index in [1.165, 1.54) is 25.9 Å². The number of carbonyl (C=O) groups is 2. The second-order valence-electron chi connectivity index (χ2n) is 9.57. The Hall–Kier alpha value is -2.08. The number of likely N-dealkylation sites (tertiary alicyclic amines) is 2. The number of hydrogen-bond acceptors (Lipinski definition) is 4. The van der Waals surface area contributed by atoms with E-state index in [0.717, 1.165) is 56.6 Å². The average Bonchev–Trinajstić information content (AvgIpc) is 3.34. The zero-order chi connectivity index (χ0) is 22.9. The Morgan fingerprint density at radius 1 is 1.09 bits per heavy atom. The first-order valence-corrected chi connectivity index (χ1v) is 12.4. The van der Waals surface area contributed by atoms with Gasteiger partial charge in [-0.05, 0) is 75.9 Å². The molecule has 1 aromatic rings. The van der Waals surface area contributed by atoms with Crippen LogP contribution in [0.4, 0.5) is 0 Å². The molecular weight excluding hydrogens is 402 g/mol.